The summed E-state index contributed by atoms with van der Waals surface area (Å²) in [5.41, 5.74) is 3.17. The summed E-state index contributed by atoms with van der Waals surface area (Å²) < 4.78 is 32.8. The zero-order valence-electron chi connectivity index (χ0n) is 18.1. The second kappa shape index (κ2) is 8.58. The van der Waals surface area contributed by atoms with Gasteiger partial charge in [-0.05, 0) is 44.0 Å². The van der Waals surface area contributed by atoms with Crippen LogP contribution in [-0.4, -0.2) is 51.9 Å². The molecule has 8 nitrogen and oxygen atoms in total. The molecule has 1 saturated heterocycles. The number of fused-ring (bicyclic) bond motifs is 1. The summed E-state index contributed by atoms with van der Waals surface area (Å²) in [5, 5.41) is 16.2. The number of likely N-dealkylation sites (tertiary alicyclic amines) is 1. The lowest BCUT2D eigenvalue weighted by Gasteiger charge is -2.36. The van der Waals surface area contributed by atoms with E-state index < -0.39 is 43.3 Å². The van der Waals surface area contributed by atoms with E-state index in [1.165, 1.54) is 12.3 Å². The van der Waals surface area contributed by atoms with Crippen LogP contribution in [0.1, 0.15) is 34.7 Å². The molecule has 3 heterocycles. The number of nitrogens with zero attached hydrogens (tertiary/aromatic N) is 4. The number of benzene rings is 1. The van der Waals surface area contributed by atoms with Gasteiger partial charge >= 0.3 is 0 Å². The number of pyridine rings is 1. The van der Waals surface area contributed by atoms with Crippen molar-refractivity contribution in [2.24, 2.45) is 0 Å². The van der Waals surface area contributed by atoms with Crippen molar-refractivity contribution in [2.75, 3.05) is 13.1 Å². The van der Waals surface area contributed by atoms with Crippen LogP contribution in [0, 0.1) is 25.2 Å². The van der Waals surface area contributed by atoms with Gasteiger partial charge in [0, 0.05) is 23.6 Å². The highest BCUT2D eigenvalue weighted by Gasteiger charge is 2.42. The largest absolute Gasteiger partial charge is 0.361 e. The van der Waals surface area contributed by atoms with Crippen molar-refractivity contribution in [2.45, 2.75) is 38.7 Å². The van der Waals surface area contributed by atoms with Crippen LogP contribution in [0.2, 0.25) is 0 Å². The summed E-state index contributed by atoms with van der Waals surface area (Å²) in [4.78, 5) is 30.6. The molecule has 170 valence electrons. The molecule has 4 rings (SSSR count). The maximum absolute atomic E-state index is 13.8. The van der Waals surface area contributed by atoms with Crippen molar-refractivity contribution in [3.8, 4) is 17.2 Å². The number of nitriles is 1. The Bertz CT molecular complexity index is 1260. The number of rotatable bonds is 4. The number of carbonyl (C=O) groups is 2. The van der Waals surface area contributed by atoms with E-state index in [1.807, 2.05) is 19.1 Å². The predicted molar refractivity (Wildman–Crippen MR) is 114 cm³/mol. The normalized spacial score (nSPS) is 17.5. The number of aryl methyl sites for hydroxylation is 2. The lowest BCUT2D eigenvalue weighted by Crippen LogP contribution is -2.53. The molecule has 0 unspecified atom stereocenters. The number of hydrogen-bond acceptors (Lipinski definition) is 6. The van der Waals surface area contributed by atoms with Gasteiger partial charge in [0.1, 0.15) is 11.8 Å². The third-order valence-electron chi connectivity index (χ3n) is 5.74. The summed E-state index contributed by atoms with van der Waals surface area (Å²) >= 11 is 0. The Balaban J connectivity index is 1.56. The number of nitrogens with one attached hydrogen (secondary N) is 1. The predicted octanol–water partition coefficient (Wildman–Crippen LogP) is 3.39. The van der Waals surface area contributed by atoms with Gasteiger partial charge < -0.3 is 14.7 Å². The van der Waals surface area contributed by atoms with Gasteiger partial charge in [-0.25, -0.2) is 8.78 Å². The first-order valence-corrected chi connectivity index (χ1v) is 10.4. The summed E-state index contributed by atoms with van der Waals surface area (Å²) in [7, 11) is 0. The van der Waals surface area contributed by atoms with Crippen molar-refractivity contribution in [3.05, 3.63) is 47.5 Å². The minimum Gasteiger partial charge on any atom is -0.361 e. The first-order chi connectivity index (χ1) is 15.7. The highest BCUT2D eigenvalue weighted by Crippen LogP contribution is 2.31. The SMILES string of the molecule is Cc1noc(C)c1-c1ccc2nccc(C(=O)NCC(=O)N3CC(F)(F)CC[C@H]3C#N)c2c1. The Kier molecular flexibility index (Phi) is 5.80. The Morgan fingerprint density at radius 3 is 2.82 bits per heavy atom. The minimum atomic E-state index is -3.05. The maximum Gasteiger partial charge on any atom is 0.265 e. The van der Waals surface area contributed by atoms with E-state index >= 15 is 0 Å². The molecule has 1 N–H and O–H groups in total. The van der Waals surface area contributed by atoms with Gasteiger partial charge in [0.05, 0.1) is 35.9 Å². The van der Waals surface area contributed by atoms with Crippen molar-refractivity contribution < 1.29 is 22.9 Å². The van der Waals surface area contributed by atoms with E-state index in [1.54, 1.807) is 19.1 Å². The molecule has 0 radical (unpaired) electrons. The molecule has 0 bridgehead atoms. The van der Waals surface area contributed by atoms with Gasteiger partial charge in [0.15, 0.2) is 0 Å². The second-order valence-corrected chi connectivity index (χ2v) is 8.03. The Hall–Kier alpha value is -3.87. The number of carbonyl (C=O) groups excluding carboxylic acids is 2. The van der Waals surface area contributed by atoms with Crippen LogP contribution < -0.4 is 5.32 Å². The number of halogens is 2. The van der Waals surface area contributed by atoms with Crippen molar-refractivity contribution in [1.29, 1.82) is 5.26 Å². The lowest BCUT2D eigenvalue weighted by molar-refractivity contribution is -0.143. The first-order valence-electron chi connectivity index (χ1n) is 10.4. The monoisotopic (exact) mass is 453 g/mol. The molecule has 33 heavy (non-hydrogen) atoms. The molecule has 2 aromatic heterocycles. The topological polar surface area (TPSA) is 112 Å². The molecule has 1 aromatic carbocycles. The number of amides is 2. The van der Waals surface area contributed by atoms with Gasteiger partial charge in [-0.15, -0.1) is 0 Å². The fourth-order valence-corrected chi connectivity index (χ4v) is 4.09. The van der Waals surface area contributed by atoms with E-state index in [0.717, 1.165) is 16.0 Å². The Morgan fingerprint density at radius 1 is 1.33 bits per heavy atom. The summed E-state index contributed by atoms with van der Waals surface area (Å²) in [6.07, 6.45) is 0.923. The van der Waals surface area contributed by atoms with Crippen LogP contribution in [-0.2, 0) is 4.79 Å². The third-order valence-corrected chi connectivity index (χ3v) is 5.74. The Morgan fingerprint density at radius 2 is 2.12 bits per heavy atom. The van der Waals surface area contributed by atoms with Gasteiger partial charge in [-0.2, -0.15) is 5.26 Å². The Labute approximate surface area is 188 Å². The van der Waals surface area contributed by atoms with Gasteiger partial charge in [-0.1, -0.05) is 11.2 Å². The number of hydrogen-bond donors (Lipinski definition) is 1. The van der Waals surface area contributed by atoms with Crippen molar-refractivity contribution >= 4 is 22.7 Å². The van der Waals surface area contributed by atoms with Crippen molar-refractivity contribution in [1.82, 2.24) is 20.4 Å². The molecule has 2 amide bonds. The smallest absolute Gasteiger partial charge is 0.265 e. The molecule has 1 fully saturated rings. The van der Waals surface area contributed by atoms with E-state index in [0.29, 0.717) is 22.4 Å². The standard InChI is InChI=1S/C23H21F2N5O3/c1-13-21(14(2)33-29-13)15-3-4-19-18(9-15)17(6-8-27-19)22(32)28-11-20(31)30-12-23(24,25)7-5-16(30)10-26/h3-4,6,8-9,16H,5,7,11-12H2,1-2H3,(H,28,32)/t16-/m0/s1. The van der Waals surface area contributed by atoms with E-state index in [9.17, 15) is 23.6 Å². The highest BCUT2D eigenvalue weighted by molar-refractivity contribution is 6.07. The quantitative estimate of drug-likeness (QED) is 0.648. The van der Waals surface area contributed by atoms with Crippen molar-refractivity contribution in [3.63, 3.8) is 0 Å². The summed E-state index contributed by atoms with van der Waals surface area (Å²) in [6, 6.07) is 7.88. The number of aromatic nitrogens is 2. The average Bonchev–Trinajstić information content (AvgIpc) is 3.13. The average molecular weight is 453 g/mol. The molecule has 1 aliphatic rings. The zero-order valence-corrected chi connectivity index (χ0v) is 18.1. The zero-order chi connectivity index (χ0) is 23.8. The van der Waals surface area contributed by atoms with Crippen LogP contribution >= 0.6 is 0 Å². The van der Waals surface area contributed by atoms with Crippen LogP contribution in [0.25, 0.3) is 22.0 Å². The van der Waals surface area contributed by atoms with Crippen LogP contribution in [0.5, 0.6) is 0 Å². The third kappa shape index (κ3) is 4.39. The van der Waals surface area contributed by atoms with Gasteiger partial charge in [-0.3, -0.25) is 14.6 Å². The fourth-order valence-electron chi connectivity index (χ4n) is 4.09. The van der Waals surface area contributed by atoms with Gasteiger partial charge in [0.2, 0.25) is 5.91 Å². The molecule has 1 atom stereocenters. The van der Waals surface area contributed by atoms with E-state index in [4.69, 9.17) is 4.52 Å². The minimum absolute atomic E-state index is 0.108. The first kappa shape index (κ1) is 22.3. The van der Waals surface area contributed by atoms with Crippen LogP contribution in [0.15, 0.2) is 35.0 Å². The van der Waals surface area contributed by atoms with Crippen LogP contribution in [0.3, 0.4) is 0 Å². The lowest BCUT2D eigenvalue weighted by atomic mass is 9.99. The van der Waals surface area contributed by atoms with E-state index in [2.05, 4.69) is 15.5 Å². The number of alkyl halides is 2. The van der Waals surface area contributed by atoms with E-state index in [-0.39, 0.29) is 12.0 Å². The highest BCUT2D eigenvalue weighted by atomic mass is 19.3. The second-order valence-electron chi connectivity index (χ2n) is 8.03. The molecule has 0 spiro atoms. The maximum atomic E-state index is 13.8. The summed E-state index contributed by atoms with van der Waals surface area (Å²) in [5.74, 6) is -3.70. The molecule has 1 aliphatic heterocycles. The molecule has 0 aliphatic carbocycles. The molecule has 0 saturated carbocycles. The summed E-state index contributed by atoms with van der Waals surface area (Å²) in [6.45, 7) is 2.27. The fraction of sp³-hybridized carbons (Fsp3) is 0.348. The number of piperidine rings is 1. The molecular formula is C23H21F2N5O3. The molecule has 10 heteroatoms. The van der Waals surface area contributed by atoms with Gasteiger partial charge in [0.25, 0.3) is 11.8 Å². The molecular weight excluding hydrogens is 432 g/mol. The van der Waals surface area contributed by atoms with Crippen LogP contribution in [0.4, 0.5) is 8.78 Å². The molecule has 3 aromatic rings.